The molecule has 15 heavy (non-hydrogen) atoms. The van der Waals surface area contributed by atoms with E-state index < -0.39 is 0 Å². The highest BCUT2D eigenvalue weighted by atomic mass is 15.2. The molecule has 0 spiro atoms. The lowest BCUT2D eigenvalue weighted by molar-refractivity contribution is 0.137. The number of likely N-dealkylation sites (tertiary alicyclic amines) is 1. The number of nitrogens with two attached hydrogens (primary N) is 1. The van der Waals surface area contributed by atoms with Crippen LogP contribution < -0.4 is 5.73 Å². The van der Waals surface area contributed by atoms with Crippen LogP contribution in [0.15, 0.2) is 0 Å². The van der Waals surface area contributed by atoms with E-state index in [0.717, 1.165) is 25.9 Å². The largest absolute Gasteiger partial charge is 0.327 e. The molecule has 3 heteroatoms. The topological polar surface area (TPSA) is 53.0 Å². The molecule has 3 nitrogen and oxygen atoms in total. The number of rotatable bonds is 3. The van der Waals surface area contributed by atoms with E-state index in [4.69, 9.17) is 11.0 Å². The fourth-order valence-electron chi connectivity index (χ4n) is 2.85. The van der Waals surface area contributed by atoms with Crippen LogP contribution in [0, 0.1) is 22.7 Å². The first-order valence-electron chi connectivity index (χ1n) is 5.98. The van der Waals surface area contributed by atoms with Gasteiger partial charge in [-0.2, -0.15) is 5.26 Å². The molecule has 1 aliphatic heterocycles. The number of piperidine rings is 1. The van der Waals surface area contributed by atoms with Crippen molar-refractivity contribution in [1.29, 1.82) is 5.26 Å². The van der Waals surface area contributed by atoms with E-state index in [1.54, 1.807) is 0 Å². The third kappa shape index (κ3) is 2.70. The van der Waals surface area contributed by atoms with Crippen molar-refractivity contribution in [2.45, 2.75) is 38.6 Å². The maximum Gasteiger partial charge on any atom is 0.0628 e. The van der Waals surface area contributed by atoms with Gasteiger partial charge < -0.3 is 10.6 Å². The van der Waals surface area contributed by atoms with Crippen LogP contribution in [0.1, 0.15) is 32.6 Å². The molecule has 0 aromatic carbocycles. The Morgan fingerprint density at radius 2 is 2.20 bits per heavy atom. The molecule has 84 valence electrons. The van der Waals surface area contributed by atoms with E-state index in [1.165, 1.54) is 19.4 Å². The molecule has 1 aliphatic carbocycles. The van der Waals surface area contributed by atoms with E-state index in [0.29, 0.717) is 17.4 Å². The molecule has 0 radical (unpaired) electrons. The normalized spacial score (nSPS) is 34.7. The Hall–Kier alpha value is -0.590. The minimum atomic E-state index is 0.339. The molecule has 0 bridgehead atoms. The van der Waals surface area contributed by atoms with Gasteiger partial charge in [-0.05, 0) is 30.6 Å². The van der Waals surface area contributed by atoms with Crippen molar-refractivity contribution in [2.24, 2.45) is 17.1 Å². The molecule has 2 N–H and O–H groups in total. The molecule has 0 aromatic heterocycles. The van der Waals surface area contributed by atoms with Gasteiger partial charge in [-0.25, -0.2) is 0 Å². The van der Waals surface area contributed by atoms with E-state index in [1.807, 2.05) is 0 Å². The fraction of sp³-hybridized carbons (Fsp3) is 0.917. The van der Waals surface area contributed by atoms with Gasteiger partial charge in [0.2, 0.25) is 0 Å². The molecular weight excluding hydrogens is 186 g/mol. The number of nitriles is 1. The summed E-state index contributed by atoms with van der Waals surface area (Å²) >= 11 is 0. The summed E-state index contributed by atoms with van der Waals surface area (Å²) in [6, 6.07) is 2.66. The fourth-order valence-corrected chi connectivity index (χ4v) is 2.85. The maximum atomic E-state index is 8.78. The number of hydrogen-bond donors (Lipinski definition) is 1. The second-order valence-corrected chi connectivity index (χ2v) is 5.63. The molecule has 2 aliphatic rings. The number of nitrogens with zero attached hydrogens (tertiary/aromatic N) is 2. The predicted molar refractivity (Wildman–Crippen MR) is 60.1 cm³/mol. The van der Waals surface area contributed by atoms with Crippen LogP contribution in [0.5, 0.6) is 0 Å². The van der Waals surface area contributed by atoms with Crippen molar-refractivity contribution >= 4 is 0 Å². The van der Waals surface area contributed by atoms with Crippen molar-refractivity contribution in [3.63, 3.8) is 0 Å². The first kappa shape index (κ1) is 10.9. The van der Waals surface area contributed by atoms with Crippen LogP contribution in [0.25, 0.3) is 0 Å². The van der Waals surface area contributed by atoms with Crippen molar-refractivity contribution in [1.82, 2.24) is 4.90 Å². The average Bonchev–Trinajstić information content (AvgIpc) is 2.83. The summed E-state index contributed by atoms with van der Waals surface area (Å²) in [6.45, 7) is 5.56. The molecular formula is C12H21N3. The van der Waals surface area contributed by atoms with Crippen molar-refractivity contribution in [3.8, 4) is 6.07 Å². The van der Waals surface area contributed by atoms with Crippen LogP contribution in [0.4, 0.5) is 0 Å². The highest BCUT2D eigenvalue weighted by Gasteiger charge is 2.44. The van der Waals surface area contributed by atoms with Crippen LogP contribution in [0.3, 0.4) is 0 Å². The summed E-state index contributed by atoms with van der Waals surface area (Å²) in [6.07, 6.45) is 4.36. The molecule has 0 aromatic rings. The summed E-state index contributed by atoms with van der Waals surface area (Å²) in [5, 5.41) is 8.78. The summed E-state index contributed by atoms with van der Waals surface area (Å²) < 4.78 is 0. The molecule has 2 rings (SSSR count). The Labute approximate surface area is 92.2 Å². The second kappa shape index (κ2) is 4.11. The highest BCUT2D eigenvalue weighted by Crippen LogP contribution is 2.49. The Kier molecular flexibility index (Phi) is 2.99. The zero-order chi connectivity index (χ0) is 10.9. The SMILES string of the molecule is CC1CC(N)CN(CC2(CC#N)CC2)C1. The lowest BCUT2D eigenvalue weighted by Gasteiger charge is -2.36. The molecule has 2 unspecified atom stereocenters. The van der Waals surface area contributed by atoms with Crippen LogP contribution in [0.2, 0.25) is 0 Å². The Balaban J connectivity index is 1.86. The third-order valence-electron chi connectivity index (χ3n) is 3.74. The van der Waals surface area contributed by atoms with Gasteiger partial charge in [0.05, 0.1) is 6.07 Å². The van der Waals surface area contributed by atoms with E-state index >= 15 is 0 Å². The van der Waals surface area contributed by atoms with Gasteiger partial charge in [0.15, 0.2) is 0 Å². The predicted octanol–water partition coefficient (Wildman–Crippen LogP) is 1.35. The molecule has 1 saturated carbocycles. The van der Waals surface area contributed by atoms with Gasteiger partial charge in [-0.3, -0.25) is 0 Å². The molecule has 2 atom stereocenters. The molecule has 1 heterocycles. The van der Waals surface area contributed by atoms with Gasteiger partial charge in [0, 0.05) is 32.1 Å². The lowest BCUT2D eigenvalue weighted by atomic mass is 9.94. The first-order chi connectivity index (χ1) is 7.13. The van der Waals surface area contributed by atoms with Crippen molar-refractivity contribution in [2.75, 3.05) is 19.6 Å². The van der Waals surface area contributed by atoms with E-state index in [-0.39, 0.29) is 0 Å². The highest BCUT2D eigenvalue weighted by molar-refractivity contribution is 5.01. The summed E-state index contributed by atoms with van der Waals surface area (Å²) in [5.74, 6) is 0.714. The van der Waals surface area contributed by atoms with Gasteiger partial charge in [-0.15, -0.1) is 0 Å². The van der Waals surface area contributed by atoms with Crippen molar-refractivity contribution < 1.29 is 0 Å². The zero-order valence-electron chi connectivity index (χ0n) is 9.58. The molecule has 1 saturated heterocycles. The van der Waals surface area contributed by atoms with Gasteiger partial charge >= 0.3 is 0 Å². The van der Waals surface area contributed by atoms with E-state index in [9.17, 15) is 0 Å². The molecule has 0 amide bonds. The summed E-state index contributed by atoms with van der Waals surface area (Å²) in [5.41, 5.74) is 6.36. The Morgan fingerprint density at radius 3 is 2.73 bits per heavy atom. The summed E-state index contributed by atoms with van der Waals surface area (Å²) in [4.78, 5) is 2.48. The van der Waals surface area contributed by atoms with E-state index in [2.05, 4.69) is 17.9 Å². The Bertz CT molecular complexity index is 255. The second-order valence-electron chi connectivity index (χ2n) is 5.63. The lowest BCUT2D eigenvalue weighted by Crippen LogP contribution is -2.48. The molecule has 2 fully saturated rings. The quantitative estimate of drug-likeness (QED) is 0.760. The Morgan fingerprint density at radius 1 is 1.47 bits per heavy atom. The summed E-state index contributed by atoms with van der Waals surface area (Å²) in [7, 11) is 0. The minimum absolute atomic E-state index is 0.339. The zero-order valence-corrected chi connectivity index (χ0v) is 9.58. The van der Waals surface area contributed by atoms with Gasteiger partial charge in [-0.1, -0.05) is 6.92 Å². The van der Waals surface area contributed by atoms with Gasteiger partial charge in [0.25, 0.3) is 0 Å². The van der Waals surface area contributed by atoms with Crippen LogP contribution >= 0.6 is 0 Å². The van der Waals surface area contributed by atoms with Crippen LogP contribution in [-0.2, 0) is 0 Å². The van der Waals surface area contributed by atoms with Gasteiger partial charge in [0.1, 0.15) is 0 Å². The van der Waals surface area contributed by atoms with Crippen molar-refractivity contribution in [3.05, 3.63) is 0 Å². The number of hydrogen-bond acceptors (Lipinski definition) is 3. The smallest absolute Gasteiger partial charge is 0.0628 e. The standard InChI is InChI=1S/C12H21N3/c1-10-6-11(14)8-15(7-10)9-12(2-3-12)4-5-13/h10-11H,2-4,6-9,14H2,1H3. The van der Waals surface area contributed by atoms with Crippen LogP contribution in [-0.4, -0.2) is 30.6 Å². The minimum Gasteiger partial charge on any atom is -0.327 e. The first-order valence-corrected chi connectivity index (χ1v) is 5.98. The monoisotopic (exact) mass is 207 g/mol. The average molecular weight is 207 g/mol. The third-order valence-corrected chi connectivity index (χ3v) is 3.74. The maximum absolute atomic E-state index is 8.78.